The van der Waals surface area contributed by atoms with E-state index in [4.69, 9.17) is 0 Å². The van der Waals surface area contributed by atoms with Crippen molar-refractivity contribution >= 4 is 22.9 Å². The molecule has 25 heavy (non-hydrogen) atoms. The van der Waals surface area contributed by atoms with Crippen molar-refractivity contribution < 1.29 is 4.79 Å². The number of hydrogen-bond acceptors (Lipinski definition) is 4. The van der Waals surface area contributed by atoms with Gasteiger partial charge < -0.3 is 9.88 Å². The predicted molar refractivity (Wildman–Crippen MR) is 99.7 cm³/mol. The van der Waals surface area contributed by atoms with E-state index in [-0.39, 0.29) is 5.91 Å². The minimum Gasteiger partial charge on any atom is -0.326 e. The van der Waals surface area contributed by atoms with Gasteiger partial charge in [-0.1, -0.05) is 18.6 Å². The van der Waals surface area contributed by atoms with Crippen LogP contribution in [0, 0.1) is 0 Å². The Morgan fingerprint density at radius 3 is 3.04 bits per heavy atom. The number of benzene rings is 1. The zero-order chi connectivity index (χ0) is 17.1. The van der Waals surface area contributed by atoms with E-state index >= 15 is 0 Å². The smallest absolute Gasteiger partial charge is 0.228 e. The standard InChI is InChI=1S/C19H20N4OS/c24-18(11-14-8-10-25-13-14)20-16-6-4-5-15(12-16)19-22-21-17-7-2-1-3-9-23(17)19/h4-6,8,10,12-13H,1-3,7,9,11H2,(H,20,24). The molecule has 1 aliphatic heterocycles. The van der Waals surface area contributed by atoms with E-state index in [9.17, 15) is 4.79 Å². The third-order valence-electron chi connectivity index (χ3n) is 4.46. The Morgan fingerprint density at radius 2 is 2.16 bits per heavy atom. The van der Waals surface area contributed by atoms with Crippen LogP contribution in [0.2, 0.25) is 0 Å². The maximum absolute atomic E-state index is 12.2. The van der Waals surface area contributed by atoms with Crippen LogP contribution in [-0.2, 0) is 24.2 Å². The van der Waals surface area contributed by atoms with E-state index in [1.54, 1.807) is 11.3 Å². The third kappa shape index (κ3) is 3.64. The highest BCUT2D eigenvalue weighted by Crippen LogP contribution is 2.25. The molecule has 0 atom stereocenters. The fourth-order valence-corrected chi connectivity index (χ4v) is 3.89. The van der Waals surface area contributed by atoms with E-state index in [1.165, 1.54) is 12.8 Å². The highest BCUT2D eigenvalue weighted by atomic mass is 32.1. The maximum Gasteiger partial charge on any atom is 0.228 e. The first-order valence-electron chi connectivity index (χ1n) is 8.63. The molecule has 0 bridgehead atoms. The first-order chi connectivity index (χ1) is 12.3. The van der Waals surface area contributed by atoms with Crippen LogP contribution in [0.5, 0.6) is 0 Å². The van der Waals surface area contributed by atoms with Crippen molar-refractivity contribution in [1.29, 1.82) is 0 Å². The molecule has 0 saturated carbocycles. The Hall–Kier alpha value is -2.47. The van der Waals surface area contributed by atoms with Crippen LogP contribution in [0.3, 0.4) is 0 Å². The van der Waals surface area contributed by atoms with Gasteiger partial charge in [-0.3, -0.25) is 4.79 Å². The first kappa shape index (κ1) is 16.0. The van der Waals surface area contributed by atoms with E-state index < -0.39 is 0 Å². The molecule has 3 aromatic rings. The van der Waals surface area contributed by atoms with Gasteiger partial charge >= 0.3 is 0 Å². The van der Waals surface area contributed by atoms with Gasteiger partial charge in [0.25, 0.3) is 0 Å². The summed E-state index contributed by atoms with van der Waals surface area (Å²) in [7, 11) is 0. The van der Waals surface area contributed by atoms with Crippen LogP contribution in [0.4, 0.5) is 5.69 Å². The zero-order valence-electron chi connectivity index (χ0n) is 13.9. The second kappa shape index (κ2) is 7.19. The second-order valence-electron chi connectivity index (χ2n) is 6.34. The molecule has 3 heterocycles. The van der Waals surface area contributed by atoms with Crippen molar-refractivity contribution in [3.63, 3.8) is 0 Å². The number of nitrogens with zero attached hydrogens (tertiary/aromatic N) is 3. The van der Waals surface area contributed by atoms with Gasteiger partial charge in [-0.2, -0.15) is 11.3 Å². The van der Waals surface area contributed by atoms with Crippen LogP contribution in [0.15, 0.2) is 41.1 Å². The molecule has 0 saturated heterocycles. The lowest BCUT2D eigenvalue weighted by Crippen LogP contribution is -2.14. The van der Waals surface area contributed by atoms with E-state index in [2.05, 4.69) is 20.1 Å². The molecule has 1 aromatic carbocycles. The van der Waals surface area contributed by atoms with Gasteiger partial charge in [0.2, 0.25) is 5.91 Å². The number of aromatic nitrogens is 3. The van der Waals surface area contributed by atoms with Gasteiger partial charge in [-0.05, 0) is 47.4 Å². The number of carbonyl (C=O) groups is 1. The summed E-state index contributed by atoms with van der Waals surface area (Å²) in [5.74, 6) is 1.96. The molecule has 5 nitrogen and oxygen atoms in total. The van der Waals surface area contributed by atoms with Crippen LogP contribution in [-0.4, -0.2) is 20.7 Å². The topological polar surface area (TPSA) is 59.8 Å². The van der Waals surface area contributed by atoms with Crippen molar-refractivity contribution in [1.82, 2.24) is 14.8 Å². The summed E-state index contributed by atoms with van der Waals surface area (Å²) in [6, 6.07) is 9.85. The molecule has 0 radical (unpaired) electrons. The van der Waals surface area contributed by atoms with Crippen molar-refractivity contribution in [2.75, 3.05) is 5.32 Å². The predicted octanol–water partition coefficient (Wildman–Crippen LogP) is 3.91. The summed E-state index contributed by atoms with van der Waals surface area (Å²) in [5, 5.41) is 15.7. The zero-order valence-corrected chi connectivity index (χ0v) is 14.8. The molecule has 0 unspecified atom stereocenters. The highest BCUT2D eigenvalue weighted by molar-refractivity contribution is 7.08. The number of aryl methyl sites for hydroxylation is 1. The van der Waals surface area contributed by atoms with Gasteiger partial charge in [0.05, 0.1) is 6.42 Å². The number of rotatable bonds is 4. The van der Waals surface area contributed by atoms with Crippen molar-refractivity contribution in [2.45, 2.75) is 38.6 Å². The van der Waals surface area contributed by atoms with Crippen LogP contribution >= 0.6 is 11.3 Å². The fraction of sp³-hybridized carbons (Fsp3) is 0.316. The summed E-state index contributed by atoms with van der Waals surface area (Å²) >= 11 is 1.61. The number of thiophene rings is 1. The van der Waals surface area contributed by atoms with Gasteiger partial charge in [-0.15, -0.1) is 10.2 Å². The molecule has 128 valence electrons. The quantitative estimate of drug-likeness (QED) is 0.774. The molecule has 1 N–H and O–H groups in total. The lowest BCUT2D eigenvalue weighted by molar-refractivity contribution is -0.115. The number of nitrogens with one attached hydrogen (secondary N) is 1. The summed E-state index contributed by atoms with van der Waals surface area (Å²) < 4.78 is 2.22. The van der Waals surface area contributed by atoms with Crippen molar-refractivity contribution in [3.8, 4) is 11.4 Å². The minimum atomic E-state index is -0.00405. The number of amides is 1. The molecular formula is C19H20N4OS. The minimum absolute atomic E-state index is 0.00405. The number of hydrogen-bond donors (Lipinski definition) is 1. The summed E-state index contributed by atoms with van der Waals surface area (Å²) in [4.78, 5) is 12.2. The summed E-state index contributed by atoms with van der Waals surface area (Å²) in [6.07, 6.45) is 4.96. The monoisotopic (exact) mass is 352 g/mol. The van der Waals surface area contributed by atoms with Gasteiger partial charge in [-0.25, -0.2) is 0 Å². The number of anilines is 1. The molecule has 1 aliphatic rings. The lowest BCUT2D eigenvalue weighted by atomic mass is 10.1. The fourth-order valence-electron chi connectivity index (χ4n) is 3.22. The number of fused-ring (bicyclic) bond motifs is 1. The molecule has 1 amide bonds. The van der Waals surface area contributed by atoms with Gasteiger partial charge in [0, 0.05) is 24.2 Å². The maximum atomic E-state index is 12.2. The Bertz CT molecular complexity index is 869. The average Bonchev–Trinajstić information content (AvgIpc) is 3.20. The molecule has 0 aliphatic carbocycles. The largest absolute Gasteiger partial charge is 0.326 e. The molecule has 6 heteroatoms. The van der Waals surface area contributed by atoms with Crippen molar-refractivity contribution in [2.24, 2.45) is 0 Å². The van der Waals surface area contributed by atoms with Crippen LogP contribution in [0.1, 0.15) is 30.7 Å². The summed E-state index contributed by atoms with van der Waals surface area (Å²) in [6.45, 7) is 0.965. The molecule has 4 rings (SSSR count). The Morgan fingerprint density at radius 1 is 1.20 bits per heavy atom. The van der Waals surface area contributed by atoms with Gasteiger partial charge in [0.1, 0.15) is 5.82 Å². The SMILES string of the molecule is O=C(Cc1ccsc1)Nc1cccc(-c2nnc3n2CCCCC3)c1. The van der Waals surface area contributed by atoms with E-state index in [0.29, 0.717) is 6.42 Å². The molecular weight excluding hydrogens is 332 g/mol. The first-order valence-corrected chi connectivity index (χ1v) is 9.57. The Balaban J connectivity index is 1.54. The molecule has 2 aromatic heterocycles. The second-order valence-corrected chi connectivity index (χ2v) is 7.12. The van der Waals surface area contributed by atoms with Crippen LogP contribution < -0.4 is 5.32 Å². The van der Waals surface area contributed by atoms with E-state index in [1.807, 2.05) is 41.1 Å². The lowest BCUT2D eigenvalue weighted by Gasteiger charge is -2.09. The summed E-state index contributed by atoms with van der Waals surface area (Å²) in [5.41, 5.74) is 2.83. The Labute approximate surface area is 150 Å². The Kier molecular flexibility index (Phi) is 4.61. The number of carbonyl (C=O) groups excluding carboxylic acids is 1. The normalized spacial score (nSPS) is 13.9. The molecule has 0 spiro atoms. The highest BCUT2D eigenvalue weighted by Gasteiger charge is 2.16. The van der Waals surface area contributed by atoms with Crippen molar-refractivity contribution in [3.05, 3.63) is 52.5 Å². The van der Waals surface area contributed by atoms with Gasteiger partial charge in [0.15, 0.2) is 5.82 Å². The van der Waals surface area contributed by atoms with E-state index in [0.717, 1.165) is 47.8 Å². The average molecular weight is 352 g/mol. The van der Waals surface area contributed by atoms with Crippen LogP contribution in [0.25, 0.3) is 11.4 Å². The molecule has 0 fully saturated rings. The third-order valence-corrected chi connectivity index (χ3v) is 5.19.